The van der Waals surface area contributed by atoms with E-state index in [1.807, 2.05) is 31.2 Å². The highest BCUT2D eigenvalue weighted by molar-refractivity contribution is 6.35. The smallest absolute Gasteiger partial charge is 0.125 e. The molecule has 0 aromatic heterocycles. The first-order chi connectivity index (χ1) is 9.63. The Bertz CT molecular complexity index is 564. The van der Waals surface area contributed by atoms with E-state index in [4.69, 9.17) is 27.9 Å². The second-order valence-electron chi connectivity index (χ2n) is 4.45. The maximum Gasteiger partial charge on any atom is 0.125 e. The molecule has 0 aliphatic carbocycles. The molecule has 0 bridgehead atoms. The lowest BCUT2D eigenvalue weighted by Gasteiger charge is -2.15. The summed E-state index contributed by atoms with van der Waals surface area (Å²) in [6, 6.07) is 12.8. The van der Waals surface area contributed by atoms with Crippen LogP contribution in [0, 0.1) is 0 Å². The number of benzene rings is 2. The van der Waals surface area contributed by atoms with Gasteiger partial charge >= 0.3 is 0 Å². The van der Waals surface area contributed by atoms with E-state index in [2.05, 4.69) is 0 Å². The predicted molar refractivity (Wildman–Crippen MR) is 82.5 cm³/mol. The number of ether oxygens (including phenoxy) is 1. The number of aliphatic hydroxyl groups excluding tert-OH is 1. The molecule has 1 atom stereocenters. The van der Waals surface area contributed by atoms with Crippen molar-refractivity contribution in [2.75, 3.05) is 0 Å². The van der Waals surface area contributed by atoms with E-state index in [0.717, 1.165) is 11.1 Å². The standard InChI is InChI=1S/C16H16Cl2O2/c1-2-15(19)11-6-3-4-9-16(11)20-10-12-13(17)7-5-8-14(12)18/h3-9,15,19H,2,10H2,1H3/t15-/m1/s1. The molecule has 0 spiro atoms. The van der Waals surface area contributed by atoms with Crippen molar-refractivity contribution in [2.24, 2.45) is 0 Å². The predicted octanol–water partition coefficient (Wildman–Crippen LogP) is 5.02. The summed E-state index contributed by atoms with van der Waals surface area (Å²) in [4.78, 5) is 0. The number of halogens is 2. The zero-order valence-electron chi connectivity index (χ0n) is 11.1. The molecule has 0 radical (unpaired) electrons. The summed E-state index contributed by atoms with van der Waals surface area (Å²) in [5.74, 6) is 0.651. The molecule has 2 rings (SSSR count). The van der Waals surface area contributed by atoms with Crippen LogP contribution in [0.5, 0.6) is 5.75 Å². The molecular weight excluding hydrogens is 295 g/mol. The molecule has 0 heterocycles. The van der Waals surface area contributed by atoms with Crippen molar-refractivity contribution >= 4 is 23.2 Å². The summed E-state index contributed by atoms with van der Waals surface area (Å²) in [6.45, 7) is 2.19. The molecule has 4 heteroatoms. The number of hydrogen-bond donors (Lipinski definition) is 1. The van der Waals surface area contributed by atoms with Crippen LogP contribution in [-0.4, -0.2) is 5.11 Å². The van der Waals surface area contributed by atoms with Crippen molar-refractivity contribution in [3.63, 3.8) is 0 Å². The summed E-state index contributed by atoms with van der Waals surface area (Å²) in [7, 11) is 0. The minimum atomic E-state index is -0.534. The first-order valence-corrected chi connectivity index (χ1v) is 7.21. The average molecular weight is 311 g/mol. The molecule has 20 heavy (non-hydrogen) atoms. The van der Waals surface area contributed by atoms with Gasteiger partial charge in [0.05, 0.1) is 6.10 Å². The van der Waals surface area contributed by atoms with E-state index in [0.29, 0.717) is 22.2 Å². The Morgan fingerprint density at radius 2 is 1.70 bits per heavy atom. The molecule has 2 aromatic rings. The van der Waals surface area contributed by atoms with Gasteiger partial charge in [-0.2, -0.15) is 0 Å². The lowest BCUT2D eigenvalue weighted by atomic mass is 10.1. The summed E-state index contributed by atoms with van der Waals surface area (Å²) >= 11 is 12.2. The fraction of sp³-hybridized carbons (Fsp3) is 0.250. The van der Waals surface area contributed by atoms with Gasteiger partial charge in [0.1, 0.15) is 12.4 Å². The normalized spacial score (nSPS) is 12.2. The van der Waals surface area contributed by atoms with Crippen LogP contribution in [0.1, 0.15) is 30.6 Å². The Morgan fingerprint density at radius 3 is 2.35 bits per heavy atom. The van der Waals surface area contributed by atoms with Gasteiger partial charge in [0.2, 0.25) is 0 Å². The number of aliphatic hydroxyl groups is 1. The maximum atomic E-state index is 9.98. The van der Waals surface area contributed by atoms with Gasteiger partial charge in [0, 0.05) is 21.2 Å². The maximum absolute atomic E-state index is 9.98. The zero-order chi connectivity index (χ0) is 14.5. The molecule has 2 aromatic carbocycles. The van der Waals surface area contributed by atoms with Gasteiger partial charge in [-0.15, -0.1) is 0 Å². The number of rotatable bonds is 5. The fourth-order valence-corrected chi connectivity index (χ4v) is 2.43. The van der Waals surface area contributed by atoms with Crippen molar-refractivity contribution < 1.29 is 9.84 Å². The zero-order valence-corrected chi connectivity index (χ0v) is 12.7. The van der Waals surface area contributed by atoms with Crippen LogP contribution in [0.2, 0.25) is 10.0 Å². The molecule has 0 saturated carbocycles. The van der Waals surface area contributed by atoms with Crippen molar-refractivity contribution in [1.29, 1.82) is 0 Å². The van der Waals surface area contributed by atoms with Gasteiger partial charge in [0.15, 0.2) is 0 Å². The third-order valence-electron chi connectivity index (χ3n) is 3.10. The van der Waals surface area contributed by atoms with Gasteiger partial charge in [-0.1, -0.05) is 54.4 Å². The van der Waals surface area contributed by atoms with Gasteiger partial charge in [0.25, 0.3) is 0 Å². The highest BCUT2D eigenvalue weighted by Gasteiger charge is 2.12. The van der Waals surface area contributed by atoms with Gasteiger partial charge in [-0.3, -0.25) is 0 Å². The van der Waals surface area contributed by atoms with Crippen molar-refractivity contribution in [1.82, 2.24) is 0 Å². The van der Waals surface area contributed by atoms with E-state index >= 15 is 0 Å². The average Bonchev–Trinajstić information content (AvgIpc) is 2.46. The topological polar surface area (TPSA) is 29.5 Å². The van der Waals surface area contributed by atoms with E-state index in [9.17, 15) is 5.11 Å². The molecule has 0 fully saturated rings. The summed E-state index contributed by atoms with van der Waals surface area (Å²) in [5, 5.41) is 11.1. The minimum absolute atomic E-state index is 0.270. The number of para-hydroxylation sites is 1. The number of hydrogen-bond acceptors (Lipinski definition) is 2. The molecular formula is C16H16Cl2O2. The second-order valence-corrected chi connectivity index (χ2v) is 5.27. The molecule has 0 amide bonds. The Labute approximate surface area is 128 Å². The van der Waals surface area contributed by atoms with Crippen molar-refractivity contribution in [3.05, 3.63) is 63.6 Å². The Balaban J connectivity index is 2.19. The van der Waals surface area contributed by atoms with E-state index in [1.54, 1.807) is 18.2 Å². The lowest BCUT2D eigenvalue weighted by Crippen LogP contribution is -2.03. The highest BCUT2D eigenvalue weighted by atomic mass is 35.5. The van der Waals surface area contributed by atoms with Crippen LogP contribution in [0.4, 0.5) is 0 Å². The monoisotopic (exact) mass is 310 g/mol. The van der Waals surface area contributed by atoms with Gasteiger partial charge in [-0.25, -0.2) is 0 Å². The molecule has 106 valence electrons. The molecule has 0 aliphatic rings. The van der Waals surface area contributed by atoms with Crippen LogP contribution < -0.4 is 4.74 Å². The second kappa shape index (κ2) is 6.98. The van der Waals surface area contributed by atoms with Crippen molar-refractivity contribution in [2.45, 2.75) is 26.1 Å². The third-order valence-corrected chi connectivity index (χ3v) is 3.81. The van der Waals surface area contributed by atoms with E-state index in [1.165, 1.54) is 0 Å². The third kappa shape index (κ3) is 3.45. The molecule has 0 unspecified atom stereocenters. The fourth-order valence-electron chi connectivity index (χ4n) is 1.93. The first-order valence-electron chi connectivity index (χ1n) is 6.46. The van der Waals surface area contributed by atoms with Crippen LogP contribution >= 0.6 is 23.2 Å². The molecule has 0 aliphatic heterocycles. The van der Waals surface area contributed by atoms with Gasteiger partial charge in [-0.05, 0) is 24.6 Å². The Kier molecular flexibility index (Phi) is 5.30. The summed E-state index contributed by atoms with van der Waals surface area (Å²) in [6.07, 6.45) is 0.0978. The first kappa shape index (κ1) is 15.2. The summed E-state index contributed by atoms with van der Waals surface area (Å²) < 4.78 is 5.78. The molecule has 0 saturated heterocycles. The highest BCUT2D eigenvalue weighted by Crippen LogP contribution is 2.30. The SMILES string of the molecule is CC[C@@H](O)c1ccccc1OCc1c(Cl)cccc1Cl. The van der Waals surface area contributed by atoms with E-state index < -0.39 is 6.10 Å². The molecule has 2 nitrogen and oxygen atoms in total. The Hall–Kier alpha value is -1.22. The quantitative estimate of drug-likeness (QED) is 0.840. The van der Waals surface area contributed by atoms with Gasteiger partial charge < -0.3 is 9.84 Å². The Morgan fingerprint density at radius 1 is 1.05 bits per heavy atom. The lowest BCUT2D eigenvalue weighted by molar-refractivity contribution is 0.166. The molecule has 1 N–H and O–H groups in total. The van der Waals surface area contributed by atoms with E-state index in [-0.39, 0.29) is 6.61 Å². The van der Waals surface area contributed by atoms with Crippen LogP contribution in [0.25, 0.3) is 0 Å². The minimum Gasteiger partial charge on any atom is -0.488 e. The van der Waals surface area contributed by atoms with Crippen molar-refractivity contribution in [3.8, 4) is 5.75 Å². The van der Waals surface area contributed by atoms with Crippen LogP contribution in [0.15, 0.2) is 42.5 Å². The largest absolute Gasteiger partial charge is 0.488 e. The summed E-state index contributed by atoms with van der Waals surface area (Å²) in [5.41, 5.74) is 1.52. The van der Waals surface area contributed by atoms with Crippen LogP contribution in [-0.2, 0) is 6.61 Å². The van der Waals surface area contributed by atoms with Crippen LogP contribution in [0.3, 0.4) is 0 Å².